The number of nitrogens with zero attached hydrogens (tertiary/aromatic N) is 1. The minimum Gasteiger partial charge on any atom is -0.445 e. The normalized spacial score (nSPS) is 12.1. The van der Waals surface area contributed by atoms with E-state index < -0.39 is 36.1 Å². The third kappa shape index (κ3) is 10.0. The van der Waals surface area contributed by atoms with E-state index in [-0.39, 0.29) is 24.8 Å². The molecule has 0 fully saturated rings. The Morgan fingerprint density at radius 1 is 0.800 bits per heavy atom. The number of carbonyl (C=O) groups excluding carboxylic acids is 4. The molecular formula is C28H33N5O6S. The summed E-state index contributed by atoms with van der Waals surface area (Å²) in [5.74, 6) is -1.07. The van der Waals surface area contributed by atoms with Crippen molar-refractivity contribution in [3.05, 3.63) is 87.9 Å². The van der Waals surface area contributed by atoms with Crippen molar-refractivity contribution in [2.45, 2.75) is 52.5 Å². The summed E-state index contributed by atoms with van der Waals surface area (Å²) in [6.45, 7) is 5.65. The molecule has 0 aliphatic rings. The average Bonchev–Trinajstić information content (AvgIpc) is 3.45. The van der Waals surface area contributed by atoms with Crippen molar-refractivity contribution in [1.29, 1.82) is 0 Å². The second kappa shape index (κ2) is 15.2. The van der Waals surface area contributed by atoms with E-state index in [1.807, 2.05) is 74.5 Å². The molecule has 2 aromatic carbocycles. The fourth-order valence-corrected chi connectivity index (χ4v) is 4.31. The summed E-state index contributed by atoms with van der Waals surface area (Å²) in [5, 5.41) is 7.28. The third-order valence-corrected chi connectivity index (χ3v) is 6.46. The lowest BCUT2D eigenvalue weighted by Gasteiger charge is -2.18. The summed E-state index contributed by atoms with van der Waals surface area (Å²) in [4.78, 5) is 53.7. The number of amides is 4. The fraction of sp³-hybridized carbons (Fsp3) is 0.321. The highest BCUT2D eigenvalue weighted by molar-refractivity contribution is 7.09. The molecule has 0 saturated heterocycles. The molecule has 0 aliphatic carbocycles. The van der Waals surface area contributed by atoms with Crippen molar-refractivity contribution >= 4 is 35.3 Å². The molecule has 0 saturated carbocycles. The predicted molar refractivity (Wildman–Crippen MR) is 149 cm³/mol. The van der Waals surface area contributed by atoms with Crippen LogP contribution in [-0.4, -0.2) is 35.0 Å². The van der Waals surface area contributed by atoms with Gasteiger partial charge in [0, 0.05) is 5.38 Å². The minimum absolute atomic E-state index is 0.0569. The topological polar surface area (TPSA) is 148 Å². The molecule has 3 rings (SSSR count). The van der Waals surface area contributed by atoms with Crippen LogP contribution in [0.15, 0.2) is 66.0 Å². The molecule has 1 heterocycles. The van der Waals surface area contributed by atoms with Crippen LogP contribution < -0.4 is 21.5 Å². The van der Waals surface area contributed by atoms with Gasteiger partial charge in [0.2, 0.25) is 0 Å². The van der Waals surface area contributed by atoms with E-state index in [0.29, 0.717) is 11.4 Å². The summed E-state index contributed by atoms with van der Waals surface area (Å²) >= 11 is 1.21. The van der Waals surface area contributed by atoms with Crippen molar-refractivity contribution in [3.8, 4) is 0 Å². The highest BCUT2D eigenvalue weighted by Crippen LogP contribution is 2.25. The number of carbonyl (C=O) groups is 4. The molecule has 4 N–H and O–H groups in total. The summed E-state index contributed by atoms with van der Waals surface area (Å²) in [5.41, 5.74) is 6.28. The number of hydrazine groups is 1. The lowest BCUT2D eigenvalue weighted by Crippen LogP contribution is -2.51. The first kappa shape index (κ1) is 30.1. The Bertz CT molecular complexity index is 1270. The highest BCUT2D eigenvalue weighted by atomic mass is 32.1. The van der Waals surface area contributed by atoms with Crippen LogP contribution in [0.4, 0.5) is 9.59 Å². The van der Waals surface area contributed by atoms with Gasteiger partial charge in [0.15, 0.2) is 0 Å². The Labute approximate surface area is 236 Å². The van der Waals surface area contributed by atoms with Gasteiger partial charge in [-0.25, -0.2) is 14.6 Å². The summed E-state index contributed by atoms with van der Waals surface area (Å²) in [6.07, 6.45) is -0.783. The van der Waals surface area contributed by atoms with Gasteiger partial charge in [-0.1, -0.05) is 74.5 Å². The third-order valence-electron chi connectivity index (χ3n) is 5.50. The van der Waals surface area contributed by atoms with E-state index >= 15 is 0 Å². The van der Waals surface area contributed by atoms with E-state index in [0.717, 1.165) is 11.1 Å². The Hall–Kier alpha value is -4.45. The van der Waals surface area contributed by atoms with E-state index in [1.54, 1.807) is 0 Å². The van der Waals surface area contributed by atoms with Gasteiger partial charge in [-0.2, -0.15) is 0 Å². The van der Waals surface area contributed by atoms with Crippen LogP contribution in [0.25, 0.3) is 0 Å². The number of rotatable bonds is 11. The quantitative estimate of drug-likeness (QED) is 0.254. The largest absolute Gasteiger partial charge is 0.445 e. The van der Waals surface area contributed by atoms with Gasteiger partial charge < -0.3 is 20.1 Å². The summed E-state index contributed by atoms with van der Waals surface area (Å²) in [6, 6.07) is 17.0. The zero-order valence-electron chi connectivity index (χ0n) is 22.5. The lowest BCUT2D eigenvalue weighted by atomic mass is 10.0. The molecule has 0 aliphatic heterocycles. The number of hydrogen-bond acceptors (Lipinski definition) is 8. The van der Waals surface area contributed by atoms with Crippen molar-refractivity contribution in [2.24, 2.45) is 5.92 Å². The second-order valence-corrected chi connectivity index (χ2v) is 10.2. The number of benzene rings is 2. The molecule has 0 spiro atoms. The number of thiazole rings is 1. The number of aromatic nitrogens is 1. The number of hydrogen-bond donors (Lipinski definition) is 4. The maximum Gasteiger partial charge on any atom is 0.408 e. The fourth-order valence-electron chi connectivity index (χ4n) is 3.45. The monoisotopic (exact) mass is 567 g/mol. The Kier molecular flexibility index (Phi) is 11.5. The molecule has 3 aromatic rings. The Morgan fingerprint density at radius 2 is 1.35 bits per heavy atom. The van der Waals surface area contributed by atoms with Crippen molar-refractivity contribution in [3.63, 3.8) is 0 Å². The summed E-state index contributed by atoms with van der Waals surface area (Å²) < 4.78 is 10.4. The van der Waals surface area contributed by atoms with Gasteiger partial charge in [-0.3, -0.25) is 20.4 Å². The van der Waals surface area contributed by atoms with Crippen molar-refractivity contribution < 1.29 is 28.7 Å². The molecular weight excluding hydrogens is 534 g/mol. The molecule has 0 bridgehead atoms. The average molecular weight is 568 g/mol. The minimum atomic E-state index is -0.976. The molecule has 1 aromatic heterocycles. The van der Waals surface area contributed by atoms with E-state index in [1.165, 1.54) is 23.6 Å². The standard InChI is InChI=1S/C28H33N5O6S/c1-18(2)14-22(31-28(37)39-16-21-12-8-5-9-13-21)26-30-23(17-40-26)25(35)33-32-24(34)19(3)29-27(36)38-15-20-10-6-4-7-11-20/h4-13,17-19,22H,14-16H2,1-3H3,(H,29,36)(H,31,37)(H,32,34)(H,33,35)/t19-,22-/m0/s1. The van der Waals surface area contributed by atoms with Gasteiger partial charge in [0.05, 0.1) is 6.04 Å². The zero-order chi connectivity index (χ0) is 28.9. The first-order valence-corrected chi connectivity index (χ1v) is 13.6. The molecule has 4 amide bonds. The van der Waals surface area contributed by atoms with Crippen molar-refractivity contribution in [2.75, 3.05) is 0 Å². The van der Waals surface area contributed by atoms with Crippen LogP contribution in [-0.2, 0) is 27.5 Å². The first-order chi connectivity index (χ1) is 19.2. The number of nitrogens with one attached hydrogen (secondary N) is 4. The molecule has 0 radical (unpaired) electrons. The number of ether oxygens (including phenoxy) is 2. The SMILES string of the molecule is CC(C)C[C@H](NC(=O)OCc1ccccc1)c1nc(C(=O)NNC(=O)[C@H](C)NC(=O)OCc2ccccc2)cs1. The van der Waals surface area contributed by atoms with Crippen LogP contribution in [0.1, 0.15) is 59.9 Å². The van der Waals surface area contributed by atoms with Crippen LogP contribution in [0, 0.1) is 5.92 Å². The van der Waals surface area contributed by atoms with E-state index in [9.17, 15) is 19.2 Å². The van der Waals surface area contributed by atoms with Crippen LogP contribution in [0.5, 0.6) is 0 Å². The van der Waals surface area contributed by atoms with E-state index in [4.69, 9.17) is 9.47 Å². The van der Waals surface area contributed by atoms with Crippen molar-refractivity contribution in [1.82, 2.24) is 26.5 Å². The molecule has 12 heteroatoms. The Balaban J connectivity index is 1.47. The van der Waals surface area contributed by atoms with Gasteiger partial charge in [-0.05, 0) is 30.4 Å². The molecule has 0 unspecified atom stereocenters. The first-order valence-electron chi connectivity index (χ1n) is 12.7. The van der Waals surface area contributed by atoms with E-state index in [2.05, 4.69) is 26.5 Å². The molecule has 11 nitrogen and oxygen atoms in total. The maximum atomic E-state index is 12.6. The Morgan fingerprint density at radius 3 is 1.90 bits per heavy atom. The van der Waals surface area contributed by atoms with Crippen LogP contribution >= 0.6 is 11.3 Å². The molecule has 2 atom stereocenters. The van der Waals surface area contributed by atoms with Gasteiger partial charge in [0.1, 0.15) is 30.0 Å². The molecule has 40 heavy (non-hydrogen) atoms. The van der Waals surface area contributed by atoms with Gasteiger partial charge in [0.25, 0.3) is 11.8 Å². The van der Waals surface area contributed by atoms with Gasteiger partial charge in [-0.15, -0.1) is 11.3 Å². The zero-order valence-corrected chi connectivity index (χ0v) is 23.3. The smallest absolute Gasteiger partial charge is 0.408 e. The highest BCUT2D eigenvalue weighted by Gasteiger charge is 2.23. The number of alkyl carbamates (subject to hydrolysis) is 2. The van der Waals surface area contributed by atoms with Crippen LogP contribution in [0.3, 0.4) is 0 Å². The van der Waals surface area contributed by atoms with Crippen LogP contribution in [0.2, 0.25) is 0 Å². The maximum absolute atomic E-state index is 12.6. The van der Waals surface area contributed by atoms with Gasteiger partial charge >= 0.3 is 12.2 Å². The predicted octanol–water partition coefficient (Wildman–Crippen LogP) is 4.23. The molecule has 212 valence electrons. The second-order valence-electron chi connectivity index (χ2n) is 9.33. The lowest BCUT2D eigenvalue weighted by molar-refractivity contribution is -0.123. The summed E-state index contributed by atoms with van der Waals surface area (Å²) in [7, 11) is 0.